The van der Waals surface area contributed by atoms with E-state index in [0.29, 0.717) is 12.5 Å². The minimum atomic E-state index is -0.214. The molecule has 0 bridgehead atoms. The number of nitrogens with zero attached hydrogens (tertiary/aromatic N) is 3. The van der Waals surface area contributed by atoms with E-state index in [9.17, 15) is 9.18 Å². The Balaban J connectivity index is 1.26. The largest absolute Gasteiger partial charge is 0.368 e. The van der Waals surface area contributed by atoms with E-state index < -0.39 is 0 Å². The summed E-state index contributed by atoms with van der Waals surface area (Å²) < 4.78 is 13.1. The second-order valence-electron chi connectivity index (χ2n) is 8.20. The van der Waals surface area contributed by atoms with Crippen molar-refractivity contribution < 1.29 is 9.18 Å². The van der Waals surface area contributed by atoms with Gasteiger partial charge in [0, 0.05) is 50.9 Å². The molecule has 2 aromatic rings. The smallest absolute Gasteiger partial charge is 0.223 e. The van der Waals surface area contributed by atoms with Gasteiger partial charge < -0.3 is 9.80 Å². The zero-order valence-electron chi connectivity index (χ0n) is 17.2. The minimum absolute atomic E-state index is 0.214. The monoisotopic (exact) mass is 395 g/mol. The van der Waals surface area contributed by atoms with Gasteiger partial charge in [0.1, 0.15) is 5.82 Å². The predicted molar refractivity (Wildman–Crippen MR) is 115 cm³/mol. The average molecular weight is 396 g/mol. The highest BCUT2D eigenvalue weighted by Gasteiger charge is 2.27. The summed E-state index contributed by atoms with van der Waals surface area (Å²) in [6.07, 6.45) is 2.95. The van der Waals surface area contributed by atoms with E-state index in [4.69, 9.17) is 0 Å². The molecule has 4 rings (SSSR count). The van der Waals surface area contributed by atoms with Gasteiger partial charge in [-0.2, -0.15) is 0 Å². The third-order valence-electron chi connectivity index (χ3n) is 6.26. The standard InChI is InChI=1S/C24H30FN3O/c1-19-4-6-20(7-5-19)23-3-2-13-27(23)14-12-24(29)28-17-15-26(16-18-28)22-10-8-21(25)9-11-22/h4-11,23H,2-3,12-18H2,1H3/t23-/m0/s1. The number of amides is 1. The van der Waals surface area contributed by atoms with Crippen molar-refractivity contribution in [2.24, 2.45) is 0 Å². The van der Waals surface area contributed by atoms with Crippen LogP contribution < -0.4 is 4.90 Å². The van der Waals surface area contributed by atoms with Crippen LogP contribution in [0, 0.1) is 12.7 Å². The molecule has 4 nitrogen and oxygen atoms in total. The molecule has 1 atom stereocenters. The van der Waals surface area contributed by atoms with Gasteiger partial charge in [-0.25, -0.2) is 4.39 Å². The Kier molecular flexibility index (Phi) is 6.14. The molecule has 0 spiro atoms. The van der Waals surface area contributed by atoms with Crippen LogP contribution in [0.25, 0.3) is 0 Å². The van der Waals surface area contributed by atoms with E-state index in [1.54, 1.807) is 0 Å². The lowest BCUT2D eigenvalue weighted by Gasteiger charge is -2.36. The van der Waals surface area contributed by atoms with Gasteiger partial charge in [0.25, 0.3) is 0 Å². The van der Waals surface area contributed by atoms with Gasteiger partial charge in [-0.1, -0.05) is 29.8 Å². The molecule has 1 amide bonds. The van der Waals surface area contributed by atoms with Crippen molar-refractivity contribution in [3.63, 3.8) is 0 Å². The van der Waals surface area contributed by atoms with Crippen LogP contribution in [0.3, 0.4) is 0 Å². The number of hydrogen-bond acceptors (Lipinski definition) is 3. The fraction of sp³-hybridized carbons (Fsp3) is 0.458. The minimum Gasteiger partial charge on any atom is -0.368 e. The van der Waals surface area contributed by atoms with Crippen molar-refractivity contribution in [1.82, 2.24) is 9.80 Å². The molecule has 0 aliphatic carbocycles. The lowest BCUT2D eigenvalue weighted by molar-refractivity contribution is -0.131. The molecule has 0 aromatic heterocycles. The van der Waals surface area contributed by atoms with E-state index in [1.165, 1.54) is 36.1 Å². The Morgan fingerprint density at radius 3 is 2.34 bits per heavy atom. The van der Waals surface area contributed by atoms with Gasteiger partial charge >= 0.3 is 0 Å². The molecule has 0 saturated carbocycles. The summed E-state index contributed by atoms with van der Waals surface area (Å²) in [5, 5.41) is 0. The maximum Gasteiger partial charge on any atom is 0.223 e. The van der Waals surface area contributed by atoms with Gasteiger partial charge in [0.15, 0.2) is 0 Å². The summed E-state index contributed by atoms with van der Waals surface area (Å²) in [6, 6.07) is 15.9. The lowest BCUT2D eigenvalue weighted by Crippen LogP contribution is -2.49. The molecule has 0 unspecified atom stereocenters. The third kappa shape index (κ3) is 4.78. The van der Waals surface area contributed by atoms with Crippen LogP contribution >= 0.6 is 0 Å². The SMILES string of the molecule is Cc1ccc([C@@H]2CCCN2CCC(=O)N2CCN(c3ccc(F)cc3)CC2)cc1. The average Bonchev–Trinajstić information content (AvgIpc) is 3.22. The Morgan fingerprint density at radius 2 is 1.66 bits per heavy atom. The molecular formula is C24H30FN3O. The first kappa shape index (κ1) is 19.9. The molecule has 5 heteroatoms. The second-order valence-corrected chi connectivity index (χ2v) is 8.20. The van der Waals surface area contributed by atoms with Gasteiger partial charge in [-0.05, 0) is 56.1 Å². The summed E-state index contributed by atoms with van der Waals surface area (Å²) in [4.78, 5) is 19.4. The van der Waals surface area contributed by atoms with Crippen LogP contribution in [0.4, 0.5) is 10.1 Å². The van der Waals surface area contributed by atoms with Crippen LogP contribution in [0.2, 0.25) is 0 Å². The van der Waals surface area contributed by atoms with Crippen LogP contribution in [0.1, 0.15) is 36.4 Å². The number of carbonyl (C=O) groups excluding carboxylic acids is 1. The molecular weight excluding hydrogens is 365 g/mol. The summed E-state index contributed by atoms with van der Waals surface area (Å²) in [7, 11) is 0. The molecule has 29 heavy (non-hydrogen) atoms. The fourth-order valence-electron chi connectivity index (χ4n) is 4.52. The molecule has 2 heterocycles. The highest BCUT2D eigenvalue weighted by atomic mass is 19.1. The number of halogens is 1. The first-order chi connectivity index (χ1) is 14.1. The number of likely N-dealkylation sites (tertiary alicyclic amines) is 1. The quantitative estimate of drug-likeness (QED) is 0.765. The predicted octanol–water partition coefficient (Wildman–Crippen LogP) is 4.01. The highest BCUT2D eigenvalue weighted by Crippen LogP contribution is 2.32. The fourth-order valence-corrected chi connectivity index (χ4v) is 4.52. The van der Waals surface area contributed by atoms with Gasteiger partial charge in [-0.15, -0.1) is 0 Å². The molecule has 2 aromatic carbocycles. The summed E-state index contributed by atoms with van der Waals surface area (Å²) in [6.45, 7) is 7.08. The normalized spacial score (nSPS) is 20.3. The maximum absolute atomic E-state index is 13.1. The van der Waals surface area contributed by atoms with E-state index in [1.807, 2.05) is 17.0 Å². The molecule has 0 radical (unpaired) electrons. The Hall–Kier alpha value is -2.40. The topological polar surface area (TPSA) is 26.8 Å². The van der Waals surface area contributed by atoms with E-state index >= 15 is 0 Å². The first-order valence-electron chi connectivity index (χ1n) is 10.7. The van der Waals surface area contributed by atoms with Crippen LogP contribution in [-0.4, -0.2) is 55.0 Å². The van der Waals surface area contributed by atoms with E-state index in [2.05, 4.69) is 41.0 Å². The Labute approximate surface area is 172 Å². The van der Waals surface area contributed by atoms with Gasteiger partial charge in [-0.3, -0.25) is 9.69 Å². The second kappa shape index (κ2) is 8.95. The Morgan fingerprint density at radius 1 is 0.966 bits per heavy atom. The van der Waals surface area contributed by atoms with Crippen LogP contribution in [-0.2, 0) is 4.79 Å². The number of benzene rings is 2. The summed E-state index contributed by atoms with van der Waals surface area (Å²) in [5.74, 6) is 0.0340. The molecule has 154 valence electrons. The Bertz CT molecular complexity index is 813. The van der Waals surface area contributed by atoms with Crippen molar-refractivity contribution in [1.29, 1.82) is 0 Å². The van der Waals surface area contributed by atoms with E-state index in [-0.39, 0.29) is 11.7 Å². The van der Waals surface area contributed by atoms with Crippen molar-refractivity contribution in [2.45, 2.75) is 32.2 Å². The maximum atomic E-state index is 13.1. The van der Waals surface area contributed by atoms with Crippen LogP contribution in [0.15, 0.2) is 48.5 Å². The highest BCUT2D eigenvalue weighted by molar-refractivity contribution is 5.76. The summed E-state index contributed by atoms with van der Waals surface area (Å²) >= 11 is 0. The molecule has 2 fully saturated rings. The van der Waals surface area contributed by atoms with Crippen molar-refractivity contribution >= 4 is 11.6 Å². The van der Waals surface area contributed by atoms with Crippen LogP contribution in [0.5, 0.6) is 0 Å². The zero-order valence-corrected chi connectivity index (χ0v) is 17.2. The number of aryl methyl sites for hydroxylation is 1. The van der Waals surface area contributed by atoms with Gasteiger partial charge in [0.05, 0.1) is 0 Å². The first-order valence-corrected chi connectivity index (χ1v) is 10.7. The lowest BCUT2D eigenvalue weighted by atomic mass is 10.0. The number of anilines is 1. The van der Waals surface area contributed by atoms with Crippen molar-refractivity contribution in [2.75, 3.05) is 44.2 Å². The third-order valence-corrected chi connectivity index (χ3v) is 6.26. The van der Waals surface area contributed by atoms with Crippen molar-refractivity contribution in [3.8, 4) is 0 Å². The molecule has 2 aliphatic rings. The summed E-state index contributed by atoms with van der Waals surface area (Å²) in [5.41, 5.74) is 3.68. The van der Waals surface area contributed by atoms with Gasteiger partial charge in [0.2, 0.25) is 5.91 Å². The molecule has 2 aliphatic heterocycles. The zero-order chi connectivity index (χ0) is 20.2. The number of piperazine rings is 1. The number of hydrogen-bond donors (Lipinski definition) is 0. The molecule has 2 saturated heterocycles. The van der Waals surface area contributed by atoms with E-state index in [0.717, 1.165) is 45.0 Å². The number of rotatable bonds is 5. The number of carbonyl (C=O) groups is 1. The molecule has 0 N–H and O–H groups in total. The van der Waals surface area contributed by atoms with Crippen molar-refractivity contribution in [3.05, 3.63) is 65.5 Å².